The summed E-state index contributed by atoms with van der Waals surface area (Å²) in [5.41, 5.74) is 4.08. The fourth-order valence-electron chi connectivity index (χ4n) is 4.67. The summed E-state index contributed by atoms with van der Waals surface area (Å²) in [4.78, 5) is 17.4. The predicted octanol–water partition coefficient (Wildman–Crippen LogP) is 6.23. The SMILES string of the molecule is CCc1ccc(OCCCn2c(CCCCCNC(=O)c3ccc(OC)c(OC)c3)nc3ccccc32)cc1. The van der Waals surface area contributed by atoms with Crippen LogP contribution in [0.3, 0.4) is 0 Å². The van der Waals surface area contributed by atoms with E-state index in [1.807, 2.05) is 18.2 Å². The number of para-hydroxylation sites is 2. The van der Waals surface area contributed by atoms with Crippen LogP contribution in [0.1, 0.15) is 54.4 Å². The summed E-state index contributed by atoms with van der Waals surface area (Å²) in [6.45, 7) is 4.31. The van der Waals surface area contributed by atoms with Gasteiger partial charge in [-0.25, -0.2) is 4.98 Å². The molecule has 0 aliphatic heterocycles. The molecule has 1 amide bonds. The minimum Gasteiger partial charge on any atom is -0.494 e. The first-order valence-electron chi connectivity index (χ1n) is 13.8. The van der Waals surface area contributed by atoms with Crippen molar-refractivity contribution in [3.05, 3.63) is 83.7 Å². The number of benzene rings is 3. The highest BCUT2D eigenvalue weighted by Gasteiger charge is 2.12. The van der Waals surface area contributed by atoms with Crippen molar-refractivity contribution in [3.63, 3.8) is 0 Å². The molecule has 7 nitrogen and oxygen atoms in total. The molecule has 0 fully saturated rings. The predicted molar refractivity (Wildman–Crippen MR) is 155 cm³/mol. The molecule has 0 aliphatic rings. The fourth-order valence-corrected chi connectivity index (χ4v) is 4.67. The molecule has 0 bridgehead atoms. The third-order valence-electron chi connectivity index (χ3n) is 6.87. The van der Waals surface area contributed by atoms with Crippen LogP contribution in [0, 0.1) is 0 Å². The summed E-state index contributed by atoms with van der Waals surface area (Å²) in [6, 6.07) is 21.8. The van der Waals surface area contributed by atoms with Gasteiger partial charge in [-0.2, -0.15) is 0 Å². The monoisotopic (exact) mass is 529 g/mol. The van der Waals surface area contributed by atoms with Gasteiger partial charge in [-0.15, -0.1) is 0 Å². The van der Waals surface area contributed by atoms with Crippen molar-refractivity contribution in [2.24, 2.45) is 0 Å². The lowest BCUT2D eigenvalue weighted by Crippen LogP contribution is -2.24. The van der Waals surface area contributed by atoms with Gasteiger partial charge in [0, 0.05) is 25.1 Å². The molecule has 3 aromatic carbocycles. The lowest BCUT2D eigenvalue weighted by atomic mass is 10.1. The van der Waals surface area contributed by atoms with E-state index in [2.05, 4.69) is 47.1 Å². The average Bonchev–Trinajstić information content (AvgIpc) is 3.33. The Morgan fingerprint density at radius 2 is 1.69 bits per heavy atom. The Kier molecular flexibility index (Phi) is 10.2. The summed E-state index contributed by atoms with van der Waals surface area (Å²) >= 11 is 0. The third-order valence-corrected chi connectivity index (χ3v) is 6.87. The number of unbranched alkanes of at least 4 members (excludes halogenated alkanes) is 2. The molecule has 0 atom stereocenters. The zero-order valence-electron chi connectivity index (χ0n) is 23.2. The van der Waals surface area contributed by atoms with Crippen LogP contribution >= 0.6 is 0 Å². The number of nitrogens with one attached hydrogen (secondary N) is 1. The van der Waals surface area contributed by atoms with Crippen LogP contribution in [-0.2, 0) is 19.4 Å². The fraction of sp³-hybridized carbons (Fsp3) is 0.375. The maximum absolute atomic E-state index is 12.5. The summed E-state index contributed by atoms with van der Waals surface area (Å²) in [6.07, 6.45) is 5.76. The number of nitrogens with zero attached hydrogens (tertiary/aromatic N) is 2. The number of carbonyl (C=O) groups is 1. The molecular formula is C32H39N3O4. The average molecular weight is 530 g/mol. The molecule has 1 aromatic heterocycles. The van der Waals surface area contributed by atoms with Crippen molar-refractivity contribution in [2.45, 2.75) is 52.0 Å². The Labute approximate surface area is 231 Å². The van der Waals surface area contributed by atoms with E-state index in [-0.39, 0.29) is 5.91 Å². The van der Waals surface area contributed by atoms with Gasteiger partial charge >= 0.3 is 0 Å². The van der Waals surface area contributed by atoms with Crippen molar-refractivity contribution >= 4 is 16.9 Å². The molecule has 0 spiro atoms. The molecule has 0 radical (unpaired) electrons. The number of aryl methyl sites for hydroxylation is 3. The van der Waals surface area contributed by atoms with Gasteiger partial charge < -0.3 is 24.1 Å². The van der Waals surface area contributed by atoms with Crippen LogP contribution in [0.15, 0.2) is 66.7 Å². The van der Waals surface area contributed by atoms with Gasteiger partial charge in [0.25, 0.3) is 5.91 Å². The van der Waals surface area contributed by atoms with Gasteiger partial charge in [0.05, 0.1) is 31.9 Å². The number of rotatable bonds is 15. The zero-order chi connectivity index (χ0) is 27.5. The minimum atomic E-state index is -0.110. The number of methoxy groups -OCH3 is 2. The molecule has 4 aromatic rings. The normalized spacial score (nSPS) is 10.9. The van der Waals surface area contributed by atoms with Gasteiger partial charge in [-0.3, -0.25) is 4.79 Å². The first-order chi connectivity index (χ1) is 19.1. The highest BCUT2D eigenvalue weighted by atomic mass is 16.5. The lowest BCUT2D eigenvalue weighted by molar-refractivity contribution is 0.0952. The Morgan fingerprint density at radius 1 is 0.897 bits per heavy atom. The van der Waals surface area contributed by atoms with E-state index in [0.717, 1.165) is 62.2 Å². The summed E-state index contributed by atoms with van der Waals surface area (Å²) < 4.78 is 18.8. The summed E-state index contributed by atoms with van der Waals surface area (Å²) in [7, 11) is 3.14. The van der Waals surface area contributed by atoms with E-state index < -0.39 is 0 Å². The van der Waals surface area contributed by atoms with Gasteiger partial charge in [0.2, 0.25) is 0 Å². The number of fused-ring (bicyclic) bond motifs is 1. The van der Waals surface area contributed by atoms with Crippen molar-refractivity contribution in [2.75, 3.05) is 27.4 Å². The Bertz CT molecular complexity index is 1350. The van der Waals surface area contributed by atoms with E-state index in [9.17, 15) is 4.79 Å². The lowest BCUT2D eigenvalue weighted by Gasteiger charge is -2.11. The first-order valence-corrected chi connectivity index (χ1v) is 13.8. The van der Waals surface area contributed by atoms with Gasteiger partial charge in [-0.1, -0.05) is 37.6 Å². The molecule has 206 valence electrons. The molecule has 1 N–H and O–H groups in total. The maximum Gasteiger partial charge on any atom is 0.251 e. The van der Waals surface area contributed by atoms with Crippen molar-refractivity contribution in [1.29, 1.82) is 0 Å². The quantitative estimate of drug-likeness (QED) is 0.185. The number of amides is 1. The van der Waals surface area contributed by atoms with Gasteiger partial charge in [0.15, 0.2) is 11.5 Å². The van der Waals surface area contributed by atoms with E-state index in [1.165, 1.54) is 11.1 Å². The molecule has 1 heterocycles. The van der Waals surface area contributed by atoms with Crippen LogP contribution < -0.4 is 19.5 Å². The molecule has 0 unspecified atom stereocenters. The van der Waals surface area contributed by atoms with Crippen LogP contribution in [0.25, 0.3) is 11.0 Å². The highest BCUT2D eigenvalue weighted by molar-refractivity contribution is 5.94. The zero-order valence-corrected chi connectivity index (χ0v) is 23.2. The van der Waals surface area contributed by atoms with E-state index >= 15 is 0 Å². The van der Waals surface area contributed by atoms with Crippen LogP contribution in [0.4, 0.5) is 0 Å². The van der Waals surface area contributed by atoms with E-state index in [0.29, 0.717) is 30.2 Å². The number of carbonyl (C=O) groups excluding carboxylic acids is 1. The Balaban J connectivity index is 1.23. The molecule has 7 heteroatoms. The number of ether oxygens (including phenoxy) is 3. The number of hydrogen-bond acceptors (Lipinski definition) is 5. The summed E-state index contributed by atoms with van der Waals surface area (Å²) in [5, 5.41) is 3.00. The maximum atomic E-state index is 12.5. The van der Waals surface area contributed by atoms with Crippen LogP contribution in [-0.4, -0.2) is 42.8 Å². The largest absolute Gasteiger partial charge is 0.494 e. The number of imidazole rings is 1. The highest BCUT2D eigenvalue weighted by Crippen LogP contribution is 2.27. The second kappa shape index (κ2) is 14.2. The van der Waals surface area contributed by atoms with Gasteiger partial charge in [0.1, 0.15) is 11.6 Å². The van der Waals surface area contributed by atoms with Crippen LogP contribution in [0.5, 0.6) is 17.2 Å². The summed E-state index contributed by atoms with van der Waals surface area (Å²) in [5.74, 6) is 3.07. The molecule has 4 rings (SSSR count). The second-order valence-electron chi connectivity index (χ2n) is 9.50. The topological polar surface area (TPSA) is 74.6 Å². The van der Waals surface area contributed by atoms with E-state index in [4.69, 9.17) is 19.2 Å². The van der Waals surface area contributed by atoms with Crippen molar-refractivity contribution in [1.82, 2.24) is 14.9 Å². The Morgan fingerprint density at radius 3 is 2.46 bits per heavy atom. The van der Waals surface area contributed by atoms with Crippen LogP contribution in [0.2, 0.25) is 0 Å². The Hall–Kier alpha value is -4.00. The van der Waals surface area contributed by atoms with Crippen molar-refractivity contribution in [3.8, 4) is 17.2 Å². The standard InChI is InChI=1S/C32H39N3O4/c1-4-24-14-17-26(18-15-24)39-22-10-21-35-28-12-8-7-11-27(28)34-31(35)13-6-5-9-20-33-32(36)25-16-19-29(37-2)30(23-25)38-3/h7-8,11-12,14-19,23H,4-6,9-10,13,20-22H2,1-3H3,(H,33,36). The molecule has 0 aliphatic carbocycles. The molecule has 0 saturated heterocycles. The third kappa shape index (κ3) is 7.53. The number of aromatic nitrogens is 2. The minimum absolute atomic E-state index is 0.110. The number of hydrogen-bond donors (Lipinski definition) is 1. The smallest absolute Gasteiger partial charge is 0.251 e. The van der Waals surface area contributed by atoms with Crippen molar-refractivity contribution < 1.29 is 19.0 Å². The molecule has 39 heavy (non-hydrogen) atoms. The van der Waals surface area contributed by atoms with E-state index in [1.54, 1.807) is 32.4 Å². The molecule has 0 saturated carbocycles. The second-order valence-corrected chi connectivity index (χ2v) is 9.50. The first kappa shape index (κ1) is 28.0. The van der Waals surface area contributed by atoms with Gasteiger partial charge in [-0.05, 0) is 73.7 Å². The molecular weight excluding hydrogens is 490 g/mol.